The number of unbranched alkanes of at least 4 members (excludes halogenated alkanes) is 1. The zero-order chi connectivity index (χ0) is 25.9. The molecule has 3 amide bonds. The molecule has 0 fully saturated rings. The van der Waals surface area contributed by atoms with Crippen LogP contribution in [0.3, 0.4) is 0 Å². The topological polar surface area (TPSA) is 87.7 Å². The molecule has 0 aromatic heterocycles. The molecule has 0 saturated carbocycles. The van der Waals surface area contributed by atoms with Gasteiger partial charge < -0.3 is 20.3 Å². The summed E-state index contributed by atoms with van der Waals surface area (Å²) in [6.07, 6.45) is 3.39. The molecule has 1 aromatic carbocycles. The van der Waals surface area contributed by atoms with Crippen LogP contribution in [0.4, 0.5) is 4.79 Å². The Labute approximate surface area is 205 Å². The van der Waals surface area contributed by atoms with E-state index in [4.69, 9.17) is 4.74 Å². The molecule has 0 aliphatic carbocycles. The highest BCUT2D eigenvalue weighted by Crippen LogP contribution is 2.27. The number of carbonyl (C=O) groups excluding carboxylic acids is 3. The maximum atomic E-state index is 13.9. The molecule has 3 unspecified atom stereocenters. The molecule has 0 saturated heterocycles. The molecular weight excluding hydrogens is 430 g/mol. The minimum atomic E-state index is -0.852. The molecule has 0 aliphatic rings. The standard InChI is InChI=1S/C27H43N3O4/c1-9-12-17-28-24(31)23(21-16-14-13-15-20(21)5)30(18-10-2)25(32)22(19(4)11-3)29-26(33)34-27(6,7)8/h10,13-16,19,22-23H,2,9,11-12,17-18H2,1,3-8H3,(H,28,31)(H,29,33). The van der Waals surface area contributed by atoms with Crippen LogP contribution in [0.1, 0.15) is 78.0 Å². The van der Waals surface area contributed by atoms with Crippen LogP contribution in [0, 0.1) is 12.8 Å². The Morgan fingerprint density at radius 3 is 2.35 bits per heavy atom. The summed E-state index contributed by atoms with van der Waals surface area (Å²) < 4.78 is 5.41. The van der Waals surface area contributed by atoms with Gasteiger partial charge in [0.1, 0.15) is 17.7 Å². The maximum Gasteiger partial charge on any atom is 0.408 e. The second-order valence-electron chi connectivity index (χ2n) is 9.69. The first-order chi connectivity index (χ1) is 16.0. The summed E-state index contributed by atoms with van der Waals surface area (Å²) in [5.74, 6) is -0.773. The van der Waals surface area contributed by atoms with Crippen molar-refractivity contribution < 1.29 is 19.1 Å². The van der Waals surface area contributed by atoms with E-state index >= 15 is 0 Å². The van der Waals surface area contributed by atoms with Gasteiger partial charge in [0, 0.05) is 13.1 Å². The third-order valence-corrected chi connectivity index (χ3v) is 5.63. The van der Waals surface area contributed by atoms with Gasteiger partial charge in [-0.1, -0.05) is 64.0 Å². The Morgan fingerprint density at radius 2 is 1.82 bits per heavy atom. The van der Waals surface area contributed by atoms with Gasteiger partial charge in [-0.2, -0.15) is 0 Å². The van der Waals surface area contributed by atoms with Crippen LogP contribution in [-0.4, -0.2) is 47.5 Å². The fraction of sp³-hybridized carbons (Fsp3) is 0.593. The third-order valence-electron chi connectivity index (χ3n) is 5.63. The summed E-state index contributed by atoms with van der Waals surface area (Å²) >= 11 is 0. The van der Waals surface area contributed by atoms with Crippen LogP contribution in [-0.2, 0) is 14.3 Å². The monoisotopic (exact) mass is 473 g/mol. The molecule has 1 aromatic rings. The highest BCUT2D eigenvalue weighted by molar-refractivity contribution is 5.92. The van der Waals surface area contributed by atoms with Crippen LogP contribution in [0.15, 0.2) is 36.9 Å². The Morgan fingerprint density at radius 1 is 1.18 bits per heavy atom. The zero-order valence-electron chi connectivity index (χ0n) is 21.9. The molecule has 34 heavy (non-hydrogen) atoms. The van der Waals surface area contributed by atoms with Crippen LogP contribution in [0.2, 0.25) is 0 Å². The van der Waals surface area contributed by atoms with E-state index in [0.29, 0.717) is 13.0 Å². The first-order valence-electron chi connectivity index (χ1n) is 12.2. The number of hydrogen-bond donors (Lipinski definition) is 2. The molecule has 0 bridgehead atoms. The van der Waals surface area contributed by atoms with Crippen molar-refractivity contribution in [2.45, 2.75) is 85.4 Å². The van der Waals surface area contributed by atoms with E-state index in [9.17, 15) is 14.4 Å². The van der Waals surface area contributed by atoms with E-state index in [1.54, 1.807) is 26.8 Å². The summed E-state index contributed by atoms with van der Waals surface area (Å²) in [6, 6.07) is 5.84. The van der Waals surface area contributed by atoms with Crippen molar-refractivity contribution in [3.63, 3.8) is 0 Å². The normalized spacial score (nSPS) is 13.9. The van der Waals surface area contributed by atoms with E-state index in [1.807, 2.05) is 45.0 Å². The number of amides is 3. The van der Waals surface area contributed by atoms with Gasteiger partial charge in [-0.15, -0.1) is 6.58 Å². The lowest BCUT2D eigenvalue weighted by atomic mass is 9.94. The molecule has 3 atom stereocenters. The van der Waals surface area contributed by atoms with E-state index in [2.05, 4.69) is 24.1 Å². The second-order valence-corrected chi connectivity index (χ2v) is 9.69. The number of nitrogens with one attached hydrogen (secondary N) is 2. The van der Waals surface area contributed by atoms with Crippen molar-refractivity contribution >= 4 is 17.9 Å². The number of alkyl carbamates (subject to hydrolysis) is 1. The van der Waals surface area contributed by atoms with Crippen molar-refractivity contribution in [3.05, 3.63) is 48.0 Å². The number of hydrogen-bond acceptors (Lipinski definition) is 4. The van der Waals surface area contributed by atoms with E-state index in [1.165, 1.54) is 4.90 Å². The van der Waals surface area contributed by atoms with Gasteiger partial charge in [-0.3, -0.25) is 9.59 Å². The molecule has 0 heterocycles. The summed E-state index contributed by atoms with van der Waals surface area (Å²) in [5.41, 5.74) is 0.948. The lowest BCUT2D eigenvalue weighted by Crippen LogP contribution is -2.55. The van der Waals surface area contributed by atoms with Crippen molar-refractivity contribution in [1.82, 2.24) is 15.5 Å². The van der Waals surface area contributed by atoms with Gasteiger partial charge in [0.2, 0.25) is 11.8 Å². The molecule has 190 valence electrons. The SMILES string of the molecule is C=CCN(C(=O)C(NC(=O)OC(C)(C)C)C(C)CC)C(C(=O)NCCCC)c1ccccc1C. The van der Waals surface area contributed by atoms with Gasteiger partial charge in [0.05, 0.1) is 0 Å². The average molecular weight is 474 g/mol. The fourth-order valence-corrected chi connectivity index (χ4v) is 3.59. The zero-order valence-corrected chi connectivity index (χ0v) is 21.9. The van der Waals surface area contributed by atoms with E-state index in [0.717, 1.165) is 24.0 Å². The maximum absolute atomic E-state index is 13.9. The highest BCUT2D eigenvalue weighted by atomic mass is 16.6. The van der Waals surface area contributed by atoms with E-state index < -0.39 is 23.8 Å². The van der Waals surface area contributed by atoms with Gasteiger partial charge in [0.25, 0.3) is 0 Å². The Balaban J connectivity index is 3.43. The Hall–Kier alpha value is -2.83. The number of aryl methyl sites for hydroxylation is 1. The predicted molar refractivity (Wildman–Crippen MR) is 136 cm³/mol. The fourth-order valence-electron chi connectivity index (χ4n) is 3.59. The van der Waals surface area contributed by atoms with Crippen molar-refractivity contribution in [2.75, 3.05) is 13.1 Å². The predicted octanol–water partition coefficient (Wildman–Crippen LogP) is 4.91. The summed E-state index contributed by atoms with van der Waals surface area (Å²) in [4.78, 5) is 41.4. The number of benzene rings is 1. The average Bonchev–Trinajstić information content (AvgIpc) is 2.76. The number of nitrogens with zero attached hydrogens (tertiary/aromatic N) is 1. The molecule has 0 spiro atoms. The lowest BCUT2D eigenvalue weighted by Gasteiger charge is -2.36. The highest BCUT2D eigenvalue weighted by Gasteiger charge is 2.38. The Bertz CT molecular complexity index is 831. The molecule has 2 N–H and O–H groups in total. The lowest BCUT2D eigenvalue weighted by molar-refractivity contribution is -0.142. The third kappa shape index (κ3) is 8.84. The number of ether oxygens (including phenoxy) is 1. The Kier molecular flexibility index (Phi) is 11.8. The molecule has 1 rings (SSSR count). The minimum absolute atomic E-state index is 0.155. The molecule has 0 aliphatic heterocycles. The first-order valence-corrected chi connectivity index (χ1v) is 12.2. The smallest absolute Gasteiger partial charge is 0.408 e. The molecular formula is C27H43N3O4. The number of carbonyl (C=O) groups is 3. The summed E-state index contributed by atoms with van der Waals surface area (Å²) in [6.45, 7) is 17.6. The van der Waals surface area contributed by atoms with Gasteiger partial charge >= 0.3 is 6.09 Å². The van der Waals surface area contributed by atoms with Crippen LogP contribution in [0.25, 0.3) is 0 Å². The van der Waals surface area contributed by atoms with E-state index in [-0.39, 0.29) is 24.3 Å². The second kappa shape index (κ2) is 13.8. The van der Waals surface area contributed by atoms with Crippen molar-refractivity contribution in [3.8, 4) is 0 Å². The first kappa shape index (κ1) is 29.2. The van der Waals surface area contributed by atoms with Crippen LogP contribution < -0.4 is 10.6 Å². The number of rotatable bonds is 12. The van der Waals surface area contributed by atoms with Crippen molar-refractivity contribution in [2.24, 2.45) is 5.92 Å². The quantitative estimate of drug-likeness (QED) is 0.334. The largest absolute Gasteiger partial charge is 0.444 e. The summed E-state index contributed by atoms with van der Waals surface area (Å²) in [5, 5.41) is 5.73. The van der Waals surface area contributed by atoms with Gasteiger partial charge in [-0.05, 0) is 51.2 Å². The van der Waals surface area contributed by atoms with Gasteiger partial charge in [0.15, 0.2) is 0 Å². The molecule has 7 heteroatoms. The molecule has 0 radical (unpaired) electrons. The van der Waals surface area contributed by atoms with Crippen LogP contribution in [0.5, 0.6) is 0 Å². The van der Waals surface area contributed by atoms with Gasteiger partial charge in [-0.25, -0.2) is 4.79 Å². The van der Waals surface area contributed by atoms with Crippen molar-refractivity contribution in [1.29, 1.82) is 0 Å². The van der Waals surface area contributed by atoms with Crippen LogP contribution >= 0.6 is 0 Å². The molecule has 7 nitrogen and oxygen atoms in total. The minimum Gasteiger partial charge on any atom is -0.444 e. The summed E-state index contributed by atoms with van der Waals surface area (Å²) in [7, 11) is 0.